The van der Waals surface area contributed by atoms with E-state index >= 15 is 0 Å². The van der Waals surface area contributed by atoms with Crippen molar-refractivity contribution in [1.29, 1.82) is 15.8 Å². The molecule has 2 aliphatic carbocycles. The van der Waals surface area contributed by atoms with Crippen molar-refractivity contribution in [3.63, 3.8) is 0 Å². The fourth-order valence-corrected chi connectivity index (χ4v) is 5.04. The van der Waals surface area contributed by atoms with Crippen LogP contribution in [-0.2, 0) is 0 Å². The highest BCUT2D eigenvalue weighted by atomic mass is 79.9. The van der Waals surface area contributed by atoms with Crippen LogP contribution in [0.3, 0.4) is 0 Å². The Hall–Kier alpha value is -2.62. The largest absolute Gasteiger partial charge is 0.399 e. The SMILES string of the molecule is CC(C)(C)[C@@H]1CC=C2[C@H](C1)[C@@H](c1cc(Br)ccc1F)C(C#N)=C(N)C2(C#N)C#N. The monoisotopic (exact) mass is 452 g/mol. The predicted molar refractivity (Wildman–Crippen MR) is 111 cm³/mol. The fourth-order valence-electron chi connectivity index (χ4n) is 4.66. The van der Waals surface area contributed by atoms with Gasteiger partial charge in [-0.3, -0.25) is 0 Å². The first-order chi connectivity index (χ1) is 13.6. The average Bonchev–Trinajstić information content (AvgIpc) is 2.68. The molecule has 1 aromatic rings. The van der Waals surface area contributed by atoms with Gasteiger partial charge in [0.25, 0.3) is 0 Å². The molecule has 29 heavy (non-hydrogen) atoms. The molecule has 0 aromatic heterocycles. The Morgan fingerprint density at radius 3 is 2.41 bits per heavy atom. The van der Waals surface area contributed by atoms with E-state index in [4.69, 9.17) is 5.73 Å². The van der Waals surface area contributed by atoms with Crippen LogP contribution in [-0.4, -0.2) is 0 Å². The number of nitriles is 3. The average molecular weight is 453 g/mol. The van der Waals surface area contributed by atoms with Crippen molar-refractivity contribution in [2.24, 2.45) is 28.4 Å². The maximum atomic E-state index is 14.9. The van der Waals surface area contributed by atoms with E-state index in [0.29, 0.717) is 28.5 Å². The Morgan fingerprint density at radius 2 is 1.86 bits per heavy atom. The molecule has 2 N–H and O–H groups in total. The third kappa shape index (κ3) is 3.25. The van der Waals surface area contributed by atoms with Crippen molar-refractivity contribution in [3.05, 3.63) is 57.0 Å². The Morgan fingerprint density at radius 1 is 1.21 bits per heavy atom. The Balaban J connectivity index is 2.34. The van der Waals surface area contributed by atoms with Crippen LogP contribution in [0.1, 0.15) is 45.1 Å². The minimum absolute atomic E-state index is 0.0101. The third-order valence-corrected chi connectivity index (χ3v) is 6.87. The van der Waals surface area contributed by atoms with Crippen LogP contribution in [0.25, 0.3) is 0 Å². The van der Waals surface area contributed by atoms with E-state index in [9.17, 15) is 20.2 Å². The molecule has 0 spiro atoms. The molecule has 2 aliphatic rings. The maximum absolute atomic E-state index is 14.9. The summed E-state index contributed by atoms with van der Waals surface area (Å²) in [5.74, 6) is -1.15. The summed E-state index contributed by atoms with van der Waals surface area (Å²) in [5.41, 5.74) is 5.57. The van der Waals surface area contributed by atoms with E-state index in [1.807, 2.05) is 6.08 Å². The molecule has 0 saturated carbocycles. The van der Waals surface area contributed by atoms with E-state index < -0.39 is 17.2 Å². The molecular weight excluding hydrogens is 431 g/mol. The molecule has 0 unspecified atom stereocenters. The molecule has 3 rings (SSSR count). The number of hydrogen-bond acceptors (Lipinski definition) is 4. The third-order valence-electron chi connectivity index (χ3n) is 6.37. The second-order valence-electron chi connectivity index (χ2n) is 8.86. The second-order valence-corrected chi connectivity index (χ2v) is 9.77. The number of nitrogens with zero attached hydrogens (tertiary/aromatic N) is 3. The molecule has 4 nitrogen and oxygen atoms in total. The zero-order valence-corrected chi connectivity index (χ0v) is 18.2. The second kappa shape index (κ2) is 7.33. The molecule has 0 bridgehead atoms. The molecule has 148 valence electrons. The van der Waals surface area contributed by atoms with E-state index in [2.05, 4.69) is 54.9 Å². The van der Waals surface area contributed by atoms with Gasteiger partial charge in [-0.2, -0.15) is 15.8 Å². The van der Waals surface area contributed by atoms with Gasteiger partial charge in [-0.15, -0.1) is 0 Å². The van der Waals surface area contributed by atoms with Crippen LogP contribution in [0, 0.1) is 62.5 Å². The number of allylic oxidation sites excluding steroid dienone is 3. The molecule has 0 radical (unpaired) electrons. The fraction of sp³-hybridized carbons (Fsp3) is 0.435. The maximum Gasteiger partial charge on any atom is 0.204 e. The zero-order valence-electron chi connectivity index (χ0n) is 16.6. The van der Waals surface area contributed by atoms with Crippen molar-refractivity contribution in [3.8, 4) is 18.2 Å². The number of hydrogen-bond donors (Lipinski definition) is 1. The van der Waals surface area contributed by atoms with Gasteiger partial charge in [-0.25, -0.2) is 4.39 Å². The molecule has 3 atom stereocenters. The van der Waals surface area contributed by atoms with Gasteiger partial charge in [0.15, 0.2) is 0 Å². The van der Waals surface area contributed by atoms with Crippen LogP contribution in [0.5, 0.6) is 0 Å². The van der Waals surface area contributed by atoms with Gasteiger partial charge >= 0.3 is 0 Å². The summed E-state index contributed by atoms with van der Waals surface area (Å²) in [7, 11) is 0. The lowest BCUT2D eigenvalue weighted by molar-refractivity contribution is 0.179. The van der Waals surface area contributed by atoms with Crippen LogP contribution < -0.4 is 5.73 Å². The summed E-state index contributed by atoms with van der Waals surface area (Å²) in [6.45, 7) is 6.43. The van der Waals surface area contributed by atoms with E-state index in [-0.39, 0.29) is 28.5 Å². The van der Waals surface area contributed by atoms with Gasteiger partial charge in [-0.05, 0) is 59.4 Å². The highest BCUT2D eigenvalue weighted by molar-refractivity contribution is 9.10. The topological polar surface area (TPSA) is 97.4 Å². The molecule has 0 fully saturated rings. The summed E-state index contributed by atoms with van der Waals surface area (Å²) in [5, 5.41) is 29.8. The van der Waals surface area contributed by atoms with Gasteiger partial charge in [0.05, 0.1) is 29.5 Å². The number of fused-ring (bicyclic) bond motifs is 1. The van der Waals surface area contributed by atoms with Gasteiger partial charge in [-0.1, -0.05) is 42.8 Å². The molecule has 0 amide bonds. The first-order valence-corrected chi connectivity index (χ1v) is 10.3. The molecule has 0 aliphatic heterocycles. The quantitative estimate of drug-likeness (QED) is 0.572. The van der Waals surface area contributed by atoms with Crippen LogP contribution >= 0.6 is 15.9 Å². The van der Waals surface area contributed by atoms with Gasteiger partial charge in [0.1, 0.15) is 5.82 Å². The minimum Gasteiger partial charge on any atom is -0.399 e. The molecule has 0 heterocycles. The van der Waals surface area contributed by atoms with Gasteiger partial charge in [0, 0.05) is 10.4 Å². The smallest absolute Gasteiger partial charge is 0.204 e. The van der Waals surface area contributed by atoms with E-state index in [1.54, 1.807) is 12.1 Å². The van der Waals surface area contributed by atoms with E-state index in [1.165, 1.54) is 6.07 Å². The van der Waals surface area contributed by atoms with Gasteiger partial charge in [0.2, 0.25) is 5.41 Å². The number of nitrogens with two attached hydrogens (primary N) is 1. The highest BCUT2D eigenvalue weighted by Crippen LogP contribution is 2.57. The predicted octanol–water partition coefficient (Wildman–Crippen LogP) is 5.45. The summed E-state index contributed by atoms with van der Waals surface area (Å²) < 4.78 is 15.6. The molecular formula is C23H22BrFN4. The first kappa shape index (κ1) is 21.1. The summed E-state index contributed by atoms with van der Waals surface area (Å²) >= 11 is 3.39. The molecule has 6 heteroatoms. The number of halogens is 2. The Labute approximate surface area is 179 Å². The van der Waals surface area contributed by atoms with Crippen molar-refractivity contribution >= 4 is 15.9 Å². The lowest BCUT2D eigenvalue weighted by Gasteiger charge is -2.46. The number of benzene rings is 1. The van der Waals surface area contributed by atoms with E-state index in [0.717, 1.165) is 0 Å². The zero-order chi connectivity index (χ0) is 21.6. The van der Waals surface area contributed by atoms with Crippen LogP contribution in [0.15, 0.2) is 45.6 Å². The highest BCUT2D eigenvalue weighted by Gasteiger charge is 2.53. The standard InChI is InChI=1S/C23H22BrFN4/c1-22(2,3)13-4-6-18-15(8-13)20(16-9-14(24)5-7-19(16)25)17(10-26)21(29)23(18,11-27)12-28/h5-7,9,13,15,20H,4,8,29H2,1-3H3/t13-,15+,20+/m1/s1. The van der Waals surface area contributed by atoms with Crippen molar-refractivity contribution < 1.29 is 4.39 Å². The van der Waals surface area contributed by atoms with Gasteiger partial charge < -0.3 is 5.73 Å². The first-order valence-electron chi connectivity index (χ1n) is 9.49. The van der Waals surface area contributed by atoms with Crippen LogP contribution in [0.4, 0.5) is 4.39 Å². The number of rotatable bonds is 1. The summed E-state index contributed by atoms with van der Waals surface area (Å²) in [6.07, 6.45) is 3.29. The van der Waals surface area contributed by atoms with Crippen molar-refractivity contribution in [2.45, 2.75) is 39.5 Å². The molecule has 0 saturated heterocycles. The summed E-state index contributed by atoms with van der Waals surface area (Å²) in [4.78, 5) is 0. The normalized spacial score (nSPS) is 25.9. The Bertz CT molecular complexity index is 1030. The summed E-state index contributed by atoms with van der Waals surface area (Å²) in [6, 6.07) is 10.9. The lowest BCUT2D eigenvalue weighted by Crippen LogP contribution is -2.43. The Kier molecular flexibility index (Phi) is 5.33. The molecule has 1 aromatic carbocycles. The van der Waals surface area contributed by atoms with Crippen molar-refractivity contribution in [2.75, 3.05) is 0 Å². The lowest BCUT2D eigenvalue weighted by atomic mass is 9.55. The van der Waals surface area contributed by atoms with Crippen molar-refractivity contribution in [1.82, 2.24) is 0 Å². The minimum atomic E-state index is -1.68. The van der Waals surface area contributed by atoms with Crippen LogP contribution in [0.2, 0.25) is 0 Å².